The first-order valence-electron chi connectivity index (χ1n) is 7.16. The number of hydrogen-bond donors (Lipinski definition) is 0. The first kappa shape index (κ1) is 14.6. The monoisotopic (exact) mass is 274 g/mol. The van der Waals surface area contributed by atoms with Crippen molar-refractivity contribution in [3.8, 4) is 0 Å². The van der Waals surface area contributed by atoms with Crippen LogP contribution in [-0.2, 0) is 9.59 Å². The van der Waals surface area contributed by atoms with Gasteiger partial charge in [0.1, 0.15) is 0 Å². The van der Waals surface area contributed by atoms with Crippen molar-refractivity contribution in [2.45, 2.75) is 32.7 Å². The second-order valence-electron chi connectivity index (χ2n) is 5.44. The molecule has 2 unspecified atom stereocenters. The molecule has 1 heterocycles. The largest absolute Gasteiger partial charge is 0.339 e. The predicted octanol–water partition coefficient (Wildman–Crippen LogP) is 2.30. The number of amides is 2. The van der Waals surface area contributed by atoms with Gasteiger partial charge in [0.05, 0.1) is 5.92 Å². The maximum absolute atomic E-state index is 12.5. The Morgan fingerprint density at radius 2 is 2.05 bits per heavy atom. The van der Waals surface area contributed by atoms with Gasteiger partial charge >= 0.3 is 0 Å². The highest BCUT2D eigenvalue weighted by atomic mass is 16.2. The summed E-state index contributed by atoms with van der Waals surface area (Å²) in [4.78, 5) is 28.0. The van der Waals surface area contributed by atoms with Gasteiger partial charge in [0, 0.05) is 31.7 Å². The highest BCUT2D eigenvalue weighted by Gasteiger charge is 2.37. The van der Waals surface area contributed by atoms with Crippen LogP contribution in [0.4, 0.5) is 5.69 Å². The lowest BCUT2D eigenvalue weighted by atomic mass is 10.1. The Hall–Kier alpha value is -1.84. The molecule has 0 bridgehead atoms. The summed E-state index contributed by atoms with van der Waals surface area (Å²) in [5.74, 6) is -0.101. The number of likely N-dealkylation sites (tertiary alicyclic amines) is 1. The zero-order chi connectivity index (χ0) is 14.7. The van der Waals surface area contributed by atoms with Gasteiger partial charge in [0.15, 0.2) is 0 Å². The number of carbonyl (C=O) groups is 2. The van der Waals surface area contributed by atoms with E-state index >= 15 is 0 Å². The van der Waals surface area contributed by atoms with Crippen LogP contribution in [0.3, 0.4) is 0 Å². The molecule has 20 heavy (non-hydrogen) atoms. The van der Waals surface area contributed by atoms with Crippen LogP contribution >= 0.6 is 0 Å². The SMILES string of the molecule is CCC(C)N1CC(C(=O)N(C)c2ccccc2)CC1=O. The molecule has 1 aromatic rings. The molecule has 0 N–H and O–H groups in total. The smallest absolute Gasteiger partial charge is 0.232 e. The fourth-order valence-corrected chi connectivity index (χ4v) is 2.60. The standard InChI is InChI=1S/C16H22N2O2/c1-4-12(2)18-11-13(10-15(18)19)16(20)17(3)14-8-6-5-7-9-14/h5-9,12-13H,4,10-11H2,1-3H3. The fraction of sp³-hybridized carbons (Fsp3) is 0.500. The topological polar surface area (TPSA) is 40.6 Å². The molecule has 4 nitrogen and oxygen atoms in total. The maximum Gasteiger partial charge on any atom is 0.232 e. The molecule has 2 atom stereocenters. The summed E-state index contributed by atoms with van der Waals surface area (Å²) in [5, 5.41) is 0. The molecule has 1 aromatic carbocycles. The van der Waals surface area contributed by atoms with Crippen molar-refractivity contribution in [3.63, 3.8) is 0 Å². The fourth-order valence-electron chi connectivity index (χ4n) is 2.60. The number of para-hydroxylation sites is 1. The molecule has 0 radical (unpaired) electrons. The molecule has 0 aromatic heterocycles. The van der Waals surface area contributed by atoms with Crippen LogP contribution in [0.1, 0.15) is 26.7 Å². The van der Waals surface area contributed by atoms with Gasteiger partial charge in [-0.2, -0.15) is 0 Å². The number of hydrogen-bond acceptors (Lipinski definition) is 2. The average molecular weight is 274 g/mol. The zero-order valence-corrected chi connectivity index (χ0v) is 12.4. The summed E-state index contributed by atoms with van der Waals surface area (Å²) in [6.45, 7) is 4.64. The number of nitrogens with zero attached hydrogens (tertiary/aromatic N) is 2. The molecule has 0 saturated carbocycles. The Kier molecular flexibility index (Phi) is 4.42. The van der Waals surface area contributed by atoms with Gasteiger partial charge in [-0.05, 0) is 25.5 Å². The molecule has 1 saturated heterocycles. The van der Waals surface area contributed by atoms with Crippen LogP contribution in [0.25, 0.3) is 0 Å². The Morgan fingerprint density at radius 3 is 2.65 bits per heavy atom. The normalized spacial score (nSPS) is 20.1. The predicted molar refractivity (Wildman–Crippen MR) is 79.4 cm³/mol. The molecule has 1 fully saturated rings. The van der Waals surface area contributed by atoms with Gasteiger partial charge in [-0.25, -0.2) is 0 Å². The second kappa shape index (κ2) is 6.07. The molecule has 2 rings (SSSR count). The van der Waals surface area contributed by atoms with Crippen LogP contribution < -0.4 is 4.90 Å². The number of benzene rings is 1. The van der Waals surface area contributed by atoms with Gasteiger partial charge in [0.2, 0.25) is 11.8 Å². The lowest BCUT2D eigenvalue weighted by Crippen LogP contribution is -2.37. The second-order valence-corrected chi connectivity index (χ2v) is 5.44. The van der Waals surface area contributed by atoms with Gasteiger partial charge < -0.3 is 9.80 Å². The van der Waals surface area contributed by atoms with E-state index in [2.05, 4.69) is 6.92 Å². The van der Waals surface area contributed by atoms with Gasteiger partial charge in [0.25, 0.3) is 0 Å². The minimum absolute atomic E-state index is 0.0235. The quantitative estimate of drug-likeness (QED) is 0.845. The first-order chi connectivity index (χ1) is 9.54. The first-order valence-corrected chi connectivity index (χ1v) is 7.16. The van der Waals surface area contributed by atoms with Crippen molar-refractivity contribution in [1.82, 2.24) is 4.90 Å². The summed E-state index contributed by atoms with van der Waals surface area (Å²) < 4.78 is 0. The van der Waals surface area contributed by atoms with E-state index in [0.717, 1.165) is 12.1 Å². The summed E-state index contributed by atoms with van der Waals surface area (Å²) in [6.07, 6.45) is 1.25. The molecule has 0 spiro atoms. The van der Waals surface area contributed by atoms with Crippen LogP contribution in [0.15, 0.2) is 30.3 Å². The molecular formula is C16H22N2O2. The van der Waals surface area contributed by atoms with E-state index in [0.29, 0.717) is 13.0 Å². The lowest BCUT2D eigenvalue weighted by Gasteiger charge is -2.24. The zero-order valence-electron chi connectivity index (χ0n) is 12.4. The van der Waals surface area contributed by atoms with Crippen LogP contribution in [0, 0.1) is 5.92 Å². The molecule has 0 aliphatic carbocycles. The van der Waals surface area contributed by atoms with Crippen LogP contribution in [-0.4, -0.2) is 36.3 Å². The number of anilines is 1. The van der Waals surface area contributed by atoms with Crippen molar-refractivity contribution >= 4 is 17.5 Å². The highest BCUT2D eigenvalue weighted by molar-refractivity contribution is 5.98. The third-order valence-electron chi connectivity index (χ3n) is 4.10. The molecule has 4 heteroatoms. The molecule has 2 amide bonds. The Balaban J connectivity index is 2.06. The van der Waals surface area contributed by atoms with Crippen molar-refractivity contribution in [1.29, 1.82) is 0 Å². The van der Waals surface area contributed by atoms with Gasteiger partial charge in [-0.3, -0.25) is 9.59 Å². The molecule has 1 aliphatic heterocycles. The van der Waals surface area contributed by atoms with E-state index in [1.807, 2.05) is 42.2 Å². The Bertz CT molecular complexity index is 487. The molecule has 108 valence electrons. The Morgan fingerprint density at radius 1 is 1.40 bits per heavy atom. The lowest BCUT2D eigenvalue weighted by molar-refractivity contribution is -0.129. The van der Waals surface area contributed by atoms with Crippen LogP contribution in [0.2, 0.25) is 0 Å². The van der Waals surface area contributed by atoms with Crippen molar-refractivity contribution in [2.24, 2.45) is 5.92 Å². The third kappa shape index (κ3) is 2.84. The van der Waals surface area contributed by atoms with E-state index in [1.165, 1.54) is 0 Å². The summed E-state index contributed by atoms with van der Waals surface area (Å²) >= 11 is 0. The van der Waals surface area contributed by atoms with Crippen LogP contribution in [0.5, 0.6) is 0 Å². The van der Waals surface area contributed by atoms with Crippen molar-refractivity contribution in [3.05, 3.63) is 30.3 Å². The van der Waals surface area contributed by atoms with E-state index in [9.17, 15) is 9.59 Å². The molecular weight excluding hydrogens is 252 g/mol. The van der Waals surface area contributed by atoms with E-state index in [4.69, 9.17) is 0 Å². The van der Waals surface area contributed by atoms with E-state index < -0.39 is 0 Å². The summed E-state index contributed by atoms with van der Waals surface area (Å²) in [7, 11) is 1.77. The van der Waals surface area contributed by atoms with Crippen molar-refractivity contribution in [2.75, 3.05) is 18.5 Å². The number of carbonyl (C=O) groups excluding carboxylic acids is 2. The minimum atomic E-state index is -0.221. The third-order valence-corrected chi connectivity index (χ3v) is 4.10. The Labute approximate surface area is 120 Å². The number of rotatable bonds is 4. The minimum Gasteiger partial charge on any atom is -0.339 e. The highest BCUT2D eigenvalue weighted by Crippen LogP contribution is 2.24. The van der Waals surface area contributed by atoms with Crippen molar-refractivity contribution < 1.29 is 9.59 Å². The summed E-state index contributed by atoms with van der Waals surface area (Å²) in [6, 6.07) is 9.75. The summed E-state index contributed by atoms with van der Waals surface area (Å²) in [5.41, 5.74) is 0.868. The maximum atomic E-state index is 12.5. The van der Waals surface area contributed by atoms with Gasteiger partial charge in [-0.15, -0.1) is 0 Å². The van der Waals surface area contributed by atoms with E-state index in [1.54, 1.807) is 11.9 Å². The van der Waals surface area contributed by atoms with Gasteiger partial charge in [-0.1, -0.05) is 25.1 Å². The average Bonchev–Trinajstić information content (AvgIpc) is 2.87. The van der Waals surface area contributed by atoms with E-state index in [-0.39, 0.29) is 23.8 Å². The molecule has 1 aliphatic rings.